The topological polar surface area (TPSA) is 24.9 Å². The molecule has 0 aliphatic carbocycles. The van der Waals surface area contributed by atoms with E-state index < -0.39 is 0 Å². The molecule has 0 radical (unpaired) electrons. The van der Waals surface area contributed by atoms with Crippen molar-refractivity contribution in [1.29, 1.82) is 0 Å². The van der Waals surface area contributed by atoms with Crippen molar-refractivity contribution in [1.82, 2.24) is 10.3 Å². The molecule has 0 fully saturated rings. The second-order valence-corrected chi connectivity index (χ2v) is 5.85. The zero-order valence-corrected chi connectivity index (χ0v) is 11.4. The smallest absolute Gasteiger partial charge is 0.110 e. The number of aryl methyl sites for hydroxylation is 2. The monoisotopic (exact) mass is 252 g/mol. The molecule has 0 spiro atoms. The summed E-state index contributed by atoms with van der Waals surface area (Å²) in [5, 5.41) is 8.93. The average Bonchev–Trinajstić information content (AvgIpc) is 2.84. The van der Waals surface area contributed by atoms with Crippen LogP contribution in [0.25, 0.3) is 0 Å². The maximum Gasteiger partial charge on any atom is 0.110 e. The SMILES string of the molecule is Cc1csc(C(C)NCc2sccc2C)n1. The zero-order valence-electron chi connectivity index (χ0n) is 9.78. The van der Waals surface area contributed by atoms with Gasteiger partial charge in [0, 0.05) is 22.5 Å². The van der Waals surface area contributed by atoms with Gasteiger partial charge in [0.15, 0.2) is 0 Å². The number of hydrogen-bond acceptors (Lipinski definition) is 4. The summed E-state index contributed by atoms with van der Waals surface area (Å²) >= 11 is 3.54. The summed E-state index contributed by atoms with van der Waals surface area (Å²) in [5.41, 5.74) is 2.49. The minimum absolute atomic E-state index is 0.334. The fraction of sp³-hybridized carbons (Fsp3) is 0.417. The molecule has 0 saturated heterocycles. The van der Waals surface area contributed by atoms with Crippen molar-refractivity contribution in [2.75, 3.05) is 0 Å². The number of thiazole rings is 1. The third-order valence-electron chi connectivity index (χ3n) is 2.54. The Morgan fingerprint density at radius 3 is 2.75 bits per heavy atom. The molecule has 0 bridgehead atoms. The van der Waals surface area contributed by atoms with E-state index in [1.165, 1.54) is 15.4 Å². The molecule has 2 rings (SSSR count). The fourth-order valence-electron chi connectivity index (χ4n) is 1.49. The van der Waals surface area contributed by atoms with Gasteiger partial charge >= 0.3 is 0 Å². The Hall–Kier alpha value is -0.710. The number of rotatable bonds is 4. The van der Waals surface area contributed by atoms with Gasteiger partial charge in [0.05, 0.1) is 6.04 Å². The standard InChI is InChI=1S/C12H16N2S2/c1-8-4-5-15-11(8)6-13-10(3)12-14-9(2)7-16-12/h4-5,7,10,13H,6H2,1-3H3. The van der Waals surface area contributed by atoms with E-state index in [4.69, 9.17) is 0 Å². The Morgan fingerprint density at radius 1 is 1.38 bits per heavy atom. The van der Waals surface area contributed by atoms with E-state index in [0.717, 1.165) is 12.2 Å². The summed E-state index contributed by atoms with van der Waals surface area (Å²) in [6.45, 7) is 7.30. The second-order valence-electron chi connectivity index (χ2n) is 3.96. The van der Waals surface area contributed by atoms with Crippen LogP contribution in [0, 0.1) is 13.8 Å². The summed E-state index contributed by atoms with van der Waals surface area (Å²) in [7, 11) is 0. The highest BCUT2D eigenvalue weighted by molar-refractivity contribution is 7.10. The van der Waals surface area contributed by atoms with Crippen LogP contribution >= 0.6 is 22.7 Å². The van der Waals surface area contributed by atoms with Crippen molar-refractivity contribution in [2.24, 2.45) is 0 Å². The van der Waals surface area contributed by atoms with Gasteiger partial charge in [-0.25, -0.2) is 4.98 Å². The summed E-state index contributed by atoms with van der Waals surface area (Å²) in [6, 6.07) is 2.50. The van der Waals surface area contributed by atoms with Crippen LogP contribution in [0.15, 0.2) is 16.8 Å². The molecule has 1 atom stereocenters. The summed E-state index contributed by atoms with van der Waals surface area (Å²) in [6.07, 6.45) is 0. The number of nitrogens with zero attached hydrogens (tertiary/aromatic N) is 1. The van der Waals surface area contributed by atoms with E-state index in [-0.39, 0.29) is 0 Å². The summed E-state index contributed by atoms with van der Waals surface area (Å²) in [5.74, 6) is 0. The molecule has 4 heteroatoms. The lowest BCUT2D eigenvalue weighted by atomic mass is 10.2. The van der Waals surface area contributed by atoms with Crippen LogP contribution in [-0.4, -0.2) is 4.98 Å². The normalized spacial score (nSPS) is 12.9. The molecule has 0 aliphatic rings. The highest BCUT2D eigenvalue weighted by atomic mass is 32.1. The van der Waals surface area contributed by atoms with Crippen molar-refractivity contribution < 1.29 is 0 Å². The minimum Gasteiger partial charge on any atom is -0.303 e. The van der Waals surface area contributed by atoms with Crippen molar-refractivity contribution in [3.63, 3.8) is 0 Å². The van der Waals surface area contributed by atoms with E-state index in [0.29, 0.717) is 6.04 Å². The highest BCUT2D eigenvalue weighted by Crippen LogP contribution is 2.20. The van der Waals surface area contributed by atoms with Gasteiger partial charge in [-0.1, -0.05) is 0 Å². The van der Waals surface area contributed by atoms with Crippen LogP contribution in [-0.2, 0) is 6.54 Å². The third kappa shape index (κ3) is 2.70. The molecule has 16 heavy (non-hydrogen) atoms. The Labute approximate surface area is 104 Å². The lowest BCUT2D eigenvalue weighted by Gasteiger charge is -2.10. The molecular formula is C12H16N2S2. The van der Waals surface area contributed by atoms with E-state index in [1.54, 1.807) is 11.3 Å². The lowest BCUT2D eigenvalue weighted by molar-refractivity contribution is 0.574. The quantitative estimate of drug-likeness (QED) is 0.898. The van der Waals surface area contributed by atoms with Crippen molar-refractivity contribution >= 4 is 22.7 Å². The summed E-state index contributed by atoms with van der Waals surface area (Å²) in [4.78, 5) is 5.91. The Kier molecular flexibility index (Phi) is 3.74. The van der Waals surface area contributed by atoms with Crippen LogP contribution in [0.4, 0.5) is 0 Å². The van der Waals surface area contributed by atoms with Crippen LogP contribution in [0.2, 0.25) is 0 Å². The highest BCUT2D eigenvalue weighted by Gasteiger charge is 2.09. The largest absolute Gasteiger partial charge is 0.303 e. The molecule has 2 nitrogen and oxygen atoms in total. The molecular weight excluding hydrogens is 236 g/mol. The molecule has 0 saturated carbocycles. The molecule has 2 aromatic heterocycles. The van der Waals surface area contributed by atoms with E-state index in [9.17, 15) is 0 Å². The van der Waals surface area contributed by atoms with E-state index in [1.807, 2.05) is 18.3 Å². The van der Waals surface area contributed by atoms with Gasteiger partial charge in [0.2, 0.25) is 0 Å². The van der Waals surface area contributed by atoms with Gasteiger partial charge in [-0.15, -0.1) is 22.7 Å². The molecule has 0 aliphatic heterocycles. The lowest BCUT2D eigenvalue weighted by Crippen LogP contribution is -2.17. The predicted molar refractivity (Wildman–Crippen MR) is 71.2 cm³/mol. The van der Waals surface area contributed by atoms with Gasteiger partial charge in [-0.2, -0.15) is 0 Å². The number of nitrogens with one attached hydrogen (secondary N) is 1. The van der Waals surface area contributed by atoms with Crippen LogP contribution in [0.3, 0.4) is 0 Å². The maximum atomic E-state index is 4.49. The van der Waals surface area contributed by atoms with E-state index in [2.05, 4.69) is 41.0 Å². The van der Waals surface area contributed by atoms with Gasteiger partial charge in [0.25, 0.3) is 0 Å². The first-order valence-electron chi connectivity index (χ1n) is 5.35. The predicted octanol–water partition coefficient (Wildman–Crippen LogP) is 3.67. The average molecular weight is 252 g/mol. The van der Waals surface area contributed by atoms with Gasteiger partial charge in [0.1, 0.15) is 5.01 Å². The first-order valence-corrected chi connectivity index (χ1v) is 7.11. The number of aromatic nitrogens is 1. The molecule has 86 valence electrons. The van der Waals surface area contributed by atoms with Crippen molar-refractivity contribution in [3.05, 3.63) is 38.0 Å². The summed E-state index contributed by atoms with van der Waals surface area (Å²) < 4.78 is 0. The molecule has 1 N–H and O–H groups in total. The van der Waals surface area contributed by atoms with Crippen LogP contribution in [0.5, 0.6) is 0 Å². The Bertz CT molecular complexity index is 459. The van der Waals surface area contributed by atoms with Gasteiger partial charge in [-0.05, 0) is 37.8 Å². The van der Waals surface area contributed by atoms with Gasteiger partial charge < -0.3 is 5.32 Å². The molecule has 2 aromatic rings. The minimum atomic E-state index is 0.334. The first-order chi connectivity index (χ1) is 7.66. The second kappa shape index (κ2) is 5.08. The maximum absolute atomic E-state index is 4.49. The molecule has 1 unspecified atom stereocenters. The van der Waals surface area contributed by atoms with Crippen molar-refractivity contribution in [2.45, 2.75) is 33.4 Å². The first kappa shape index (κ1) is 11.8. The zero-order chi connectivity index (χ0) is 11.5. The molecule has 2 heterocycles. The van der Waals surface area contributed by atoms with Crippen LogP contribution in [0.1, 0.15) is 34.1 Å². The Balaban J connectivity index is 1.93. The number of hydrogen-bond donors (Lipinski definition) is 1. The number of thiophene rings is 1. The molecule has 0 aromatic carbocycles. The van der Waals surface area contributed by atoms with Gasteiger partial charge in [-0.3, -0.25) is 0 Å². The van der Waals surface area contributed by atoms with Crippen LogP contribution < -0.4 is 5.32 Å². The fourth-order valence-corrected chi connectivity index (χ4v) is 3.17. The third-order valence-corrected chi connectivity index (χ3v) is 4.71. The molecule has 0 amide bonds. The van der Waals surface area contributed by atoms with E-state index >= 15 is 0 Å². The van der Waals surface area contributed by atoms with Crippen molar-refractivity contribution in [3.8, 4) is 0 Å². The Morgan fingerprint density at radius 2 is 2.19 bits per heavy atom.